The summed E-state index contributed by atoms with van der Waals surface area (Å²) in [5, 5.41) is 3.36. The number of carbonyl (C=O) groups excluding carboxylic acids is 1. The summed E-state index contributed by atoms with van der Waals surface area (Å²) in [6.07, 6.45) is 2.14. The fourth-order valence-corrected chi connectivity index (χ4v) is 2.14. The maximum absolute atomic E-state index is 11.0. The van der Waals surface area contributed by atoms with E-state index in [0.717, 1.165) is 35.3 Å². The van der Waals surface area contributed by atoms with Crippen molar-refractivity contribution in [3.05, 3.63) is 28.2 Å². The Kier molecular flexibility index (Phi) is 8.30. The number of halogens is 1. The molecule has 112 valence electrons. The number of nitrogens with one attached hydrogen (secondary N) is 1. The average molecular weight is 344 g/mol. The first-order valence-corrected chi connectivity index (χ1v) is 7.65. The minimum absolute atomic E-state index is 0.200. The van der Waals surface area contributed by atoms with Crippen molar-refractivity contribution < 1.29 is 14.3 Å². The molecule has 0 aliphatic carbocycles. The quantitative estimate of drug-likeness (QED) is 0.552. The summed E-state index contributed by atoms with van der Waals surface area (Å²) < 4.78 is 11.4. The number of rotatable bonds is 9. The Hall–Kier alpha value is -1.07. The first-order chi connectivity index (χ1) is 9.67. The zero-order chi connectivity index (χ0) is 14.8. The smallest absolute Gasteiger partial charge is 0.305 e. The molecular formula is C15H22BrNO3. The van der Waals surface area contributed by atoms with Gasteiger partial charge in [0, 0.05) is 23.0 Å². The Balaban J connectivity index is 2.48. The van der Waals surface area contributed by atoms with Crippen LogP contribution in [0.5, 0.6) is 5.75 Å². The third kappa shape index (κ3) is 6.39. The van der Waals surface area contributed by atoms with Crippen molar-refractivity contribution in [2.45, 2.75) is 32.7 Å². The van der Waals surface area contributed by atoms with E-state index in [-0.39, 0.29) is 5.97 Å². The monoisotopic (exact) mass is 343 g/mol. The van der Waals surface area contributed by atoms with E-state index >= 15 is 0 Å². The van der Waals surface area contributed by atoms with Gasteiger partial charge in [0.2, 0.25) is 0 Å². The SMILES string of the molecule is CCCNCc1cc(Br)ccc1OCCCC(=O)OC. The number of carbonyl (C=O) groups is 1. The molecule has 5 heteroatoms. The van der Waals surface area contributed by atoms with E-state index in [2.05, 4.69) is 39.0 Å². The van der Waals surface area contributed by atoms with Gasteiger partial charge in [-0.15, -0.1) is 0 Å². The van der Waals surface area contributed by atoms with Crippen LogP contribution in [0.1, 0.15) is 31.7 Å². The first-order valence-electron chi connectivity index (χ1n) is 6.86. The van der Waals surface area contributed by atoms with Gasteiger partial charge in [-0.05, 0) is 37.6 Å². The fourth-order valence-electron chi connectivity index (χ4n) is 1.73. The lowest BCUT2D eigenvalue weighted by molar-refractivity contribution is -0.140. The first kappa shape index (κ1) is 17.0. The molecule has 0 bridgehead atoms. The van der Waals surface area contributed by atoms with Crippen LogP contribution in [0.25, 0.3) is 0 Å². The molecule has 4 nitrogen and oxygen atoms in total. The minimum Gasteiger partial charge on any atom is -0.493 e. The molecule has 1 aromatic carbocycles. The van der Waals surface area contributed by atoms with Crippen LogP contribution in [0.4, 0.5) is 0 Å². The fraction of sp³-hybridized carbons (Fsp3) is 0.533. The summed E-state index contributed by atoms with van der Waals surface area (Å²) in [5.41, 5.74) is 1.12. The molecule has 0 saturated heterocycles. The standard InChI is InChI=1S/C15H22BrNO3/c1-3-8-17-11-12-10-13(16)6-7-14(12)20-9-4-5-15(18)19-2/h6-7,10,17H,3-5,8-9,11H2,1-2H3. The van der Waals surface area contributed by atoms with Crippen LogP contribution < -0.4 is 10.1 Å². The molecule has 1 rings (SSSR count). The van der Waals surface area contributed by atoms with Crippen molar-refractivity contribution in [3.8, 4) is 5.75 Å². The van der Waals surface area contributed by atoms with E-state index in [1.165, 1.54) is 7.11 Å². The van der Waals surface area contributed by atoms with Gasteiger partial charge in [-0.1, -0.05) is 22.9 Å². The van der Waals surface area contributed by atoms with Crippen LogP contribution in [0, 0.1) is 0 Å². The Bertz CT molecular complexity index is 424. The van der Waals surface area contributed by atoms with E-state index in [1.54, 1.807) is 0 Å². The molecule has 1 aromatic rings. The van der Waals surface area contributed by atoms with Crippen LogP contribution in [0.2, 0.25) is 0 Å². The molecule has 0 atom stereocenters. The Morgan fingerprint density at radius 3 is 2.90 bits per heavy atom. The van der Waals surface area contributed by atoms with Crippen molar-refractivity contribution in [1.29, 1.82) is 0 Å². The van der Waals surface area contributed by atoms with E-state index in [1.807, 2.05) is 12.1 Å². The summed E-state index contributed by atoms with van der Waals surface area (Å²) in [5.74, 6) is 0.663. The van der Waals surface area contributed by atoms with E-state index < -0.39 is 0 Å². The second-order valence-corrected chi connectivity index (χ2v) is 5.37. The predicted molar refractivity (Wildman–Crippen MR) is 82.9 cm³/mol. The molecule has 0 spiro atoms. The highest BCUT2D eigenvalue weighted by molar-refractivity contribution is 9.10. The zero-order valence-corrected chi connectivity index (χ0v) is 13.7. The number of benzene rings is 1. The summed E-state index contributed by atoms with van der Waals surface area (Å²) in [6.45, 7) is 4.41. The molecule has 0 aromatic heterocycles. The van der Waals surface area contributed by atoms with Gasteiger partial charge in [0.1, 0.15) is 5.75 Å². The van der Waals surface area contributed by atoms with Crippen molar-refractivity contribution in [3.63, 3.8) is 0 Å². The molecule has 0 aliphatic rings. The Morgan fingerprint density at radius 2 is 2.20 bits per heavy atom. The number of esters is 1. The molecule has 1 N–H and O–H groups in total. The maximum atomic E-state index is 11.0. The molecule has 0 radical (unpaired) electrons. The van der Waals surface area contributed by atoms with Gasteiger partial charge in [0.25, 0.3) is 0 Å². The normalized spacial score (nSPS) is 10.3. The molecule has 20 heavy (non-hydrogen) atoms. The zero-order valence-electron chi connectivity index (χ0n) is 12.1. The molecule has 0 saturated carbocycles. The van der Waals surface area contributed by atoms with Gasteiger partial charge in [-0.3, -0.25) is 4.79 Å². The van der Waals surface area contributed by atoms with E-state index in [9.17, 15) is 4.79 Å². The van der Waals surface area contributed by atoms with Gasteiger partial charge in [-0.25, -0.2) is 0 Å². The van der Waals surface area contributed by atoms with Crippen LogP contribution >= 0.6 is 15.9 Å². The molecule has 0 heterocycles. The number of hydrogen-bond acceptors (Lipinski definition) is 4. The number of ether oxygens (including phenoxy) is 2. The number of hydrogen-bond donors (Lipinski definition) is 1. The highest BCUT2D eigenvalue weighted by Gasteiger charge is 2.05. The van der Waals surface area contributed by atoms with Crippen molar-refractivity contribution in [2.24, 2.45) is 0 Å². The molecule has 0 aliphatic heterocycles. The van der Waals surface area contributed by atoms with Gasteiger partial charge < -0.3 is 14.8 Å². The second-order valence-electron chi connectivity index (χ2n) is 4.46. The second kappa shape index (κ2) is 9.77. The molecule has 0 amide bonds. The van der Waals surface area contributed by atoms with Crippen molar-refractivity contribution in [2.75, 3.05) is 20.3 Å². The third-order valence-corrected chi connectivity index (χ3v) is 3.27. The topological polar surface area (TPSA) is 47.6 Å². The van der Waals surface area contributed by atoms with Crippen molar-refractivity contribution in [1.82, 2.24) is 5.32 Å². The van der Waals surface area contributed by atoms with Gasteiger partial charge in [0.15, 0.2) is 0 Å². The molecule has 0 unspecified atom stereocenters. The summed E-state index contributed by atoms with van der Waals surface area (Å²) in [6, 6.07) is 5.96. The van der Waals surface area contributed by atoms with Gasteiger partial charge in [0.05, 0.1) is 13.7 Å². The van der Waals surface area contributed by atoms with E-state index in [4.69, 9.17) is 4.74 Å². The maximum Gasteiger partial charge on any atom is 0.305 e. The summed E-state index contributed by atoms with van der Waals surface area (Å²) in [7, 11) is 1.40. The predicted octanol–water partition coefficient (Wildman–Crippen LogP) is 3.28. The van der Waals surface area contributed by atoms with E-state index in [0.29, 0.717) is 19.4 Å². The minimum atomic E-state index is -0.200. The van der Waals surface area contributed by atoms with Crippen molar-refractivity contribution >= 4 is 21.9 Å². The lowest BCUT2D eigenvalue weighted by Gasteiger charge is -2.12. The van der Waals surface area contributed by atoms with Crippen LogP contribution in [0.15, 0.2) is 22.7 Å². The largest absolute Gasteiger partial charge is 0.493 e. The summed E-state index contributed by atoms with van der Waals surface area (Å²) >= 11 is 3.47. The molecular weight excluding hydrogens is 322 g/mol. The van der Waals surface area contributed by atoms with Crippen LogP contribution in [-0.2, 0) is 16.1 Å². The Morgan fingerprint density at radius 1 is 1.40 bits per heavy atom. The highest BCUT2D eigenvalue weighted by Crippen LogP contribution is 2.23. The molecule has 0 fully saturated rings. The summed E-state index contributed by atoms with van der Waals surface area (Å²) in [4.78, 5) is 11.0. The average Bonchev–Trinajstić information content (AvgIpc) is 2.45. The third-order valence-electron chi connectivity index (χ3n) is 2.78. The van der Waals surface area contributed by atoms with Gasteiger partial charge in [-0.2, -0.15) is 0 Å². The van der Waals surface area contributed by atoms with Crippen LogP contribution in [-0.4, -0.2) is 26.2 Å². The van der Waals surface area contributed by atoms with Crippen LogP contribution in [0.3, 0.4) is 0 Å². The highest BCUT2D eigenvalue weighted by atomic mass is 79.9. The lowest BCUT2D eigenvalue weighted by atomic mass is 10.2. The van der Waals surface area contributed by atoms with Gasteiger partial charge >= 0.3 is 5.97 Å². The number of methoxy groups -OCH3 is 1. The lowest BCUT2D eigenvalue weighted by Crippen LogP contribution is -2.15. The Labute approximate surface area is 129 Å².